The minimum absolute atomic E-state index is 0.0116. The highest BCUT2D eigenvalue weighted by Crippen LogP contribution is 2.28. The van der Waals surface area contributed by atoms with Crippen LogP contribution < -0.4 is 19.8 Å². The molecule has 3 rings (SSSR count). The van der Waals surface area contributed by atoms with Gasteiger partial charge in [-0.25, -0.2) is 5.43 Å². The van der Waals surface area contributed by atoms with Crippen LogP contribution in [0.25, 0.3) is 0 Å². The van der Waals surface area contributed by atoms with Gasteiger partial charge in [0.1, 0.15) is 0 Å². The SMILES string of the molecule is COc1ccc(C(C)=NNC(=O)CCC(=O)N(c2ccccc2)c2ccccc2)cc1OC. The number of carbonyl (C=O) groups is 2. The minimum Gasteiger partial charge on any atom is -0.493 e. The minimum atomic E-state index is -0.343. The van der Waals surface area contributed by atoms with Gasteiger partial charge >= 0.3 is 0 Å². The number of carbonyl (C=O) groups excluding carboxylic acids is 2. The van der Waals surface area contributed by atoms with Crippen LogP contribution in [-0.2, 0) is 9.59 Å². The fourth-order valence-electron chi connectivity index (χ4n) is 3.25. The molecule has 0 fully saturated rings. The highest BCUT2D eigenvalue weighted by atomic mass is 16.5. The molecule has 0 bridgehead atoms. The van der Waals surface area contributed by atoms with Crippen molar-refractivity contribution >= 4 is 28.9 Å². The van der Waals surface area contributed by atoms with Gasteiger partial charge in [-0.3, -0.25) is 14.5 Å². The maximum atomic E-state index is 13.0. The number of nitrogens with one attached hydrogen (secondary N) is 1. The number of benzene rings is 3. The first-order valence-corrected chi connectivity index (χ1v) is 10.5. The Morgan fingerprint density at radius 2 is 1.39 bits per heavy atom. The quantitative estimate of drug-likeness (QED) is 0.383. The summed E-state index contributed by atoms with van der Waals surface area (Å²) in [4.78, 5) is 27.0. The van der Waals surface area contributed by atoms with Crippen LogP contribution >= 0.6 is 0 Å². The van der Waals surface area contributed by atoms with Crippen molar-refractivity contribution < 1.29 is 19.1 Å². The third-order valence-electron chi connectivity index (χ3n) is 4.99. The Kier molecular flexibility index (Phi) is 8.18. The van der Waals surface area contributed by atoms with Crippen LogP contribution in [0, 0.1) is 0 Å². The lowest BCUT2D eigenvalue weighted by atomic mass is 10.1. The Morgan fingerprint density at radius 1 is 0.818 bits per heavy atom. The van der Waals surface area contributed by atoms with E-state index >= 15 is 0 Å². The zero-order chi connectivity index (χ0) is 23.6. The highest BCUT2D eigenvalue weighted by molar-refractivity contribution is 6.02. The van der Waals surface area contributed by atoms with E-state index in [-0.39, 0.29) is 24.7 Å². The molecule has 0 aliphatic heterocycles. The number of anilines is 2. The summed E-state index contributed by atoms with van der Waals surface area (Å²) in [6, 6.07) is 24.1. The van der Waals surface area contributed by atoms with Gasteiger partial charge < -0.3 is 9.47 Å². The summed E-state index contributed by atoms with van der Waals surface area (Å²) in [6.45, 7) is 1.78. The van der Waals surface area contributed by atoms with E-state index in [1.807, 2.05) is 66.7 Å². The van der Waals surface area contributed by atoms with E-state index < -0.39 is 0 Å². The molecule has 0 aliphatic carbocycles. The van der Waals surface area contributed by atoms with Crippen molar-refractivity contribution in [2.75, 3.05) is 19.1 Å². The summed E-state index contributed by atoms with van der Waals surface area (Å²) >= 11 is 0. The molecule has 0 radical (unpaired) electrons. The lowest BCUT2D eigenvalue weighted by Crippen LogP contribution is -2.28. The van der Waals surface area contributed by atoms with Crippen LogP contribution in [0.2, 0.25) is 0 Å². The second-order valence-corrected chi connectivity index (χ2v) is 7.20. The van der Waals surface area contributed by atoms with E-state index in [4.69, 9.17) is 9.47 Å². The molecule has 0 saturated carbocycles. The molecule has 3 aromatic rings. The van der Waals surface area contributed by atoms with Gasteiger partial charge in [-0.2, -0.15) is 5.10 Å². The topological polar surface area (TPSA) is 80.2 Å². The molecule has 7 heteroatoms. The third kappa shape index (κ3) is 6.20. The first kappa shape index (κ1) is 23.5. The van der Waals surface area contributed by atoms with Gasteiger partial charge in [0.2, 0.25) is 11.8 Å². The predicted octanol–water partition coefficient (Wildman–Crippen LogP) is 4.69. The van der Waals surface area contributed by atoms with Crippen LogP contribution in [0.5, 0.6) is 11.5 Å². The van der Waals surface area contributed by atoms with Crippen molar-refractivity contribution in [3.63, 3.8) is 0 Å². The molecule has 2 amide bonds. The van der Waals surface area contributed by atoms with Gasteiger partial charge in [0.25, 0.3) is 0 Å². The second-order valence-electron chi connectivity index (χ2n) is 7.20. The average molecular weight is 446 g/mol. The van der Waals surface area contributed by atoms with Gasteiger partial charge in [-0.15, -0.1) is 0 Å². The molecular formula is C26H27N3O4. The summed E-state index contributed by atoms with van der Waals surface area (Å²) in [7, 11) is 3.12. The Labute approximate surface area is 193 Å². The van der Waals surface area contributed by atoms with Crippen molar-refractivity contribution in [1.82, 2.24) is 5.43 Å². The first-order valence-electron chi connectivity index (χ1n) is 10.5. The van der Waals surface area contributed by atoms with Gasteiger partial charge in [-0.05, 0) is 49.4 Å². The fourth-order valence-corrected chi connectivity index (χ4v) is 3.25. The molecule has 0 saturated heterocycles. The molecule has 0 atom stereocenters. The summed E-state index contributed by atoms with van der Waals surface area (Å²) in [5, 5.41) is 4.16. The number of ether oxygens (including phenoxy) is 2. The number of amides is 2. The van der Waals surface area contributed by atoms with Crippen molar-refractivity contribution in [2.45, 2.75) is 19.8 Å². The van der Waals surface area contributed by atoms with E-state index in [2.05, 4.69) is 10.5 Å². The maximum absolute atomic E-state index is 13.0. The number of hydrazone groups is 1. The molecular weight excluding hydrogens is 418 g/mol. The monoisotopic (exact) mass is 445 g/mol. The van der Waals surface area contributed by atoms with Gasteiger partial charge in [0.15, 0.2) is 11.5 Å². The van der Waals surface area contributed by atoms with Crippen LogP contribution in [0.4, 0.5) is 11.4 Å². The van der Waals surface area contributed by atoms with Crippen LogP contribution in [-0.4, -0.2) is 31.7 Å². The van der Waals surface area contributed by atoms with E-state index in [0.717, 1.165) is 16.9 Å². The number of methoxy groups -OCH3 is 2. The predicted molar refractivity (Wildman–Crippen MR) is 129 cm³/mol. The standard InChI is InChI=1S/C26H27N3O4/c1-19(20-14-15-23(32-2)24(18-20)33-3)27-28-25(30)16-17-26(31)29(21-10-6-4-7-11-21)22-12-8-5-9-13-22/h4-15,18H,16-17H2,1-3H3,(H,28,30). The molecule has 170 valence electrons. The van der Waals surface area contributed by atoms with E-state index in [1.165, 1.54) is 0 Å². The Balaban J connectivity index is 1.64. The first-order chi connectivity index (χ1) is 16.0. The van der Waals surface area contributed by atoms with E-state index in [1.54, 1.807) is 38.2 Å². The number of rotatable bonds is 9. The van der Waals surface area contributed by atoms with Crippen molar-refractivity contribution in [3.05, 3.63) is 84.4 Å². The molecule has 3 aromatic carbocycles. The zero-order valence-electron chi connectivity index (χ0n) is 18.9. The molecule has 7 nitrogen and oxygen atoms in total. The summed E-state index contributed by atoms with van der Waals surface area (Å²) < 4.78 is 10.5. The molecule has 0 heterocycles. The molecule has 1 N–H and O–H groups in total. The molecule has 0 aliphatic rings. The van der Waals surface area contributed by atoms with Crippen LogP contribution in [0.3, 0.4) is 0 Å². The largest absolute Gasteiger partial charge is 0.493 e. The summed E-state index contributed by atoms with van der Waals surface area (Å²) in [6.07, 6.45) is 0.0538. The number of hydrogen-bond donors (Lipinski definition) is 1. The van der Waals surface area contributed by atoms with Gasteiger partial charge in [0.05, 0.1) is 19.9 Å². The molecule has 0 unspecified atom stereocenters. The third-order valence-corrected chi connectivity index (χ3v) is 4.99. The van der Waals surface area contributed by atoms with Crippen molar-refractivity contribution in [3.8, 4) is 11.5 Å². The van der Waals surface area contributed by atoms with Crippen molar-refractivity contribution in [1.29, 1.82) is 0 Å². The zero-order valence-corrected chi connectivity index (χ0v) is 18.9. The van der Waals surface area contributed by atoms with Crippen LogP contribution in [0.15, 0.2) is 84.0 Å². The molecule has 0 aromatic heterocycles. The number of nitrogens with zero attached hydrogens (tertiary/aromatic N) is 2. The number of hydrogen-bond acceptors (Lipinski definition) is 5. The lowest BCUT2D eigenvalue weighted by molar-refractivity contribution is -0.124. The Hall–Kier alpha value is -4.13. The Morgan fingerprint density at radius 3 is 1.94 bits per heavy atom. The van der Waals surface area contributed by atoms with E-state index in [0.29, 0.717) is 17.2 Å². The number of para-hydroxylation sites is 2. The maximum Gasteiger partial charge on any atom is 0.240 e. The summed E-state index contributed by atoms with van der Waals surface area (Å²) in [5.74, 6) is 0.661. The normalized spacial score (nSPS) is 10.9. The lowest BCUT2D eigenvalue weighted by Gasteiger charge is -2.23. The smallest absolute Gasteiger partial charge is 0.240 e. The van der Waals surface area contributed by atoms with Crippen LogP contribution in [0.1, 0.15) is 25.3 Å². The average Bonchev–Trinajstić information content (AvgIpc) is 2.87. The fraction of sp³-hybridized carbons (Fsp3) is 0.192. The Bertz CT molecular complexity index is 1080. The second kappa shape index (κ2) is 11.5. The summed E-state index contributed by atoms with van der Waals surface area (Å²) in [5.41, 5.74) is 5.40. The van der Waals surface area contributed by atoms with E-state index in [9.17, 15) is 9.59 Å². The molecule has 0 spiro atoms. The molecule has 33 heavy (non-hydrogen) atoms. The highest BCUT2D eigenvalue weighted by Gasteiger charge is 2.18. The van der Waals surface area contributed by atoms with Crippen molar-refractivity contribution in [2.24, 2.45) is 5.10 Å². The van der Waals surface area contributed by atoms with Gasteiger partial charge in [0, 0.05) is 29.8 Å². The van der Waals surface area contributed by atoms with Gasteiger partial charge in [-0.1, -0.05) is 36.4 Å².